The largest absolute Gasteiger partial charge is 0.496 e. The van der Waals surface area contributed by atoms with Crippen LogP contribution in [0.1, 0.15) is 39.3 Å². The molecule has 3 aromatic rings. The van der Waals surface area contributed by atoms with Crippen LogP contribution >= 0.6 is 35.0 Å². The van der Waals surface area contributed by atoms with Gasteiger partial charge in [-0.25, -0.2) is 24.2 Å². The van der Waals surface area contributed by atoms with Crippen LogP contribution in [0.2, 0.25) is 10.0 Å². The lowest BCUT2D eigenvalue weighted by atomic mass is 10.1. The minimum Gasteiger partial charge on any atom is -0.496 e. The average molecular weight is 511 g/mol. The van der Waals surface area contributed by atoms with Crippen molar-refractivity contribution in [3.63, 3.8) is 0 Å². The van der Waals surface area contributed by atoms with Crippen LogP contribution in [0.4, 0.5) is 8.78 Å². The van der Waals surface area contributed by atoms with Crippen LogP contribution in [0.3, 0.4) is 0 Å². The first kappa shape index (κ1) is 24.9. The van der Waals surface area contributed by atoms with E-state index in [9.17, 15) is 13.6 Å². The zero-order valence-corrected chi connectivity index (χ0v) is 19.8. The van der Waals surface area contributed by atoms with E-state index >= 15 is 0 Å². The van der Waals surface area contributed by atoms with E-state index in [1.54, 1.807) is 31.2 Å². The van der Waals surface area contributed by atoms with E-state index in [2.05, 4.69) is 20.5 Å². The number of hydrogen-bond acceptors (Lipinski definition) is 6. The van der Waals surface area contributed by atoms with Gasteiger partial charge >= 0.3 is 0 Å². The molecule has 0 saturated carbocycles. The second-order valence-corrected chi connectivity index (χ2v) is 8.49. The second-order valence-electron chi connectivity index (χ2n) is 6.70. The molecule has 6 nitrogen and oxygen atoms in total. The minimum atomic E-state index is -2.67. The Morgan fingerprint density at radius 3 is 2.70 bits per heavy atom. The van der Waals surface area contributed by atoms with E-state index < -0.39 is 12.3 Å². The monoisotopic (exact) mass is 510 g/mol. The number of hydrazone groups is 1. The minimum absolute atomic E-state index is 0.215. The summed E-state index contributed by atoms with van der Waals surface area (Å²) in [6.45, 7) is 1.64. The number of rotatable bonds is 8. The van der Waals surface area contributed by atoms with Gasteiger partial charge in [0.1, 0.15) is 11.4 Å². The van der Waals surface area contributed by atoms with Crippen LogP contribution in [-0.2, 0) is 5.75 Å². The van der Waals surface area contributed by atoms with Gasteiger partial charge in [0.25, 0.3) is 12.3 Å². The number of alkyl halides is 2. The maximum atomic E-state index is 13.0. The number of thioether (sulfide) groups is 1. The van der Waals surface area contributed by atoms with Crippen molar-refractivity contribution >= 4 is 47.1 Å². The molecule has 1 N–H and O–H groups in total. The molecule has 33 heavy (non-hydrogen) atoms. The predicted octanol–water partition coefficient (Wildman–Crippen LogP) is 6.09. The van der Waals surface area contributed by atoms with Crippen LogP contribution in [-0.4, -0.2) is 29.2 Å². The molecular formula is C22H18Cl2F2N4O2S. The highest BCUT2D eigenvalue weighted by atomic mass is 35.5. The topological polar surface area (TPSA) is 76.5 Å². The van der Waals surface area contributed by atoms with Gasteiger partial charge in [-0.15, -0.1) is 0 Å². The van der Waals surface area contributed by atoms with Crippen LogP contribution in [0.15, 0.2) is 52.7 Å². The number of benzene rings is 2. The van der Waals surface area contributed by atoms with Crippen molar-refractivity contribution in [1.29, 1.82) is 0 Å². The van der Waals surface area contributed by atoms with Crippen molar-refractivity contribution in [1.82, 2.24) is 15.4 Å². The molecule has 2 aromatic carbocycles. The smallest absolute Gasteiger partial charge is 0.280 e. The molecule has 0 bridgehead atoms. The van der Waals surface area contributed by atoms with Gasteiger partial charge in [-0.1, -0.05) is 35.0 Å². The van der Waals surface area contributed by atoms with Gasteiger partial charge in [-0.05, 0) is 55.0 Å². The lowest BCUT2D eigenvalue weighted by Gasteiger charge is -2.10. The maximum absolute atomic E-state index is 13.0. The molecule has 0 atom stereocenters. The molecule has 0 unspecified atom stereocenters. The fourth-order valence-electron chi connectivity index (χ4n) is 2.77. The van der Waals surface area contributed by atoms with Crippen molar-refractivity contribution in [3.05, 3.63) is 80.6 Å². The van der Waals surface area contributed by atoms with Gasteiger partial charge in [0, 0.05) is 22.0 Å². The number of ether oxygens (including phenoxy) is 1. The van der Waals surface area contributed by atoms with Crippen LogP contribution < -0.4 is 10.2 Å². The van der Waals surface area contributed by atoms with E-state index in [1.165, 1.54) is 43.3 Å². The number of nitrogens with zero attached hydrogens (tertiary/aromatic N) is 3. The molecule has 0 spiro atoms. The summed E-state index contributed by atoms with van der Waals surface area (Å²) in [4.78, 5) is 20.4. The molecule has 3 rings (SSSR count). The van der Waals surface area contributed by atoms with Crippen LogP contribution in [0.25, 0.3) is 0 Å². The Morgan fingerprint density at radius 1 is 1.21 bits per heavy atom. The summed E-state index contributed by atoms with van der Waals surface area (Å²) in [5, 5.41) is 4.85. The standard InChI is InChI=1S/C22H18Cl2F2N4O2S/c1-12-7-18(20(25)26)29-22(28-12)33-11-14-8-13(3-6-19(14)32-2)10-27-30-21(31)16-5-4-15(23)9-17(16)24/h3-10,20H,11H2,1-2H3,(H,30,31). The van der Waals surface area contributed by atoms with Gasteiger partial charge in [-0.2, -0.15) is 5.10 Å². The number of aromatic nitrogens is 2. The Hall–Kier alpha value is -2.75. The number of halogens is 4. The average Bonchev–Trinajstić information content (AvgIpc) is 2.77. The van der Waals surface area contributed by atoms with Crippen LogP contribution in [0.5, 0.6) is 5.75 Å². The van der Waals surface area contributed by atoms with Gasteiger partial charge in [0.05, 0.1) is 23.9 Å². The third-order valence-electron chi connectivity index (χ3n) is 4.29. The summed E-state index contributed by atoms with van der Waals surface area (Å²) in [5.41, 5.74) is 4.28. The molecule has 1 heterocycles. The summed E-state index contributed by atoms with van der Waals surface area (Å²) < 4.78 is 31.4. The van der Waals surface area contributed by atoms with Gasteiger partial charge in [0.2, 0.25) is 0 Å². The first-order valence-corrected chi connectivity index (χ1v) is 11.2. The Labute approximate surface area is 203 Å². The molecule has 0 aliphatic rings. The first-order chi connectivity index (χ1) is 15.8. The fraction of sp³-hybridized carbons (Fsp3) is 0.182. The number of methoxy groups -OCH3 is 1. The highest BCUT2D eigenvalue weighted by Gasteiger charge is 2.13. The number of hydrogen-bond donors (Lipinski definition) is 1. The lowest BCUT2D eigenvalue weighted by molar-refractivity contribution is 0.0955. The zero-order chi connectivity index (χ0) is 24.0. The van der Waals surface area contributed by atoms with Gasteiger partial charge in [-0.3, -0.25) is 4.79 Å². The number of carbonyl (C=O) groups is 1. The quantitative estimate of drug-likeness (QED) is 0.171. The molecule has 0 aliphatic heterocycles. The summed E-state index contributed by atoms with van der Waals surface area (Å²) in [5.74, 6) is 0.506. The normalized spacial score (nSPS) is 11.2. The molecule has 0 aliphatic carbocycles. The Kier molecular flexibility index (Phi) is 8.60. The number of carbonyl (C=O) groups excluding carboxylic acids is 1. The Balaban J connectivity index is 1.71. The number of aryl methyl sites for hydroxylation is 1. The van der Waals surface area contributed by atoms with Crippen molar-refractivity contribution in [3.8, 4) is 5.75 Å². The Bertz CT molecular complexity index is 1200. The predicted molar refractivity (Wildman–Crippen MR) is 126 cm³/mol. The summed E-state index contributed by atoms with van der Waals surface area (Å²) in [7, 11) is 1.53. The molecule has 1 aromatic heterocycles. The van der Waals surface area contributed by atoms with Gasteiger partial charge in [0.15, 0.2) is 5.16 Å². The summed E-state index contributed by atoms with van der Waals surface area (Å²) >= 11 is 13.1. The van der Waals surface area contributed by atoms with Crippen molar-refractivity contribution in [2.24, 2.45) is 5.10 Å². The van der Waals surface area contributed by atoms with Crippen molar-refractivity contribution in [2.75, 3.05) is 7.11 Å². The van der Waals surface area contributed by atoms with Crippen molar-refractivity contribution in [2.45, 2.75) is 24.3 Å². The van der Waals surface area contributed by atoms with E-state index in [4.69, 9.17) is 27.9 Å². The highest BCUT2D eigenvalue weighted by molar-refractivity contribution is 7.98. The van der Waals surface area contributed by atoms with E-state index in [0.717, 1.165) is 5.56 Å². The molecule has 11 heteroatoms. The zero-order valence-electron chi connectivity index (χ0n) is 17.5. The second kappa shape index (κ2) is 11.4. The van der Waals surface area contributed by atoms with Gasteiger partial charge < -0.3 is 4.74 Å². The van der Waals surface area contributed by atoms with Crippen molar-refractivity contribution < 1.29 is 18.3 Å². The molecule has 0 radical (unpaired) electrons. The molecular weight excluding hydrogens is 493 g/mol. The molecule has 172 valence electrons. The number of amides is 1. The first-order valence-electron chi connectivity index (χ1n) is 9.48. The van der Waals surface area contributed by atoms with E-state index in [1.807, 2.05) is 0 Å². The third-order valence-corrected chi connectivity index (χ3v) is 5.74. The molecule has 0 saturated heterocycles. The summed E-state index contributed by atoms with van der Waals surface area (Å²) in [6.07, 6.45) is -1.20. The SMILES string of the molecule is COc1ccc(C=NNC(=O)c2ccc(Cl)cc2Cl)cc1CSc1nc(C)cc(C(F)F)n1. The molecule has 0 fully saturated rings. The Morgan fingerprint density at radius 2 is 2.00 bits per heavy atom. The molecule has 1 amide bonds. The lowest BCUT2D eigenvalue weighted by Crippen LogP contribution is -2.18. The van der Waals surface area contributed by atoms with Crippen LogP contribution in [0, 0.1) is 6.92 Å². The van der Waals surface area contributed by atoms with E-state index in [-0.39, 0.29) is 21.4 Å². The summed E-state index contributed by atoms with van der Waals surface area (Å²) in [6, 6.07) is 11.1. The fourth-order valence-corrected chi connectivity index (χ4v) is 4.16. The van der Waals surface area contributed by atoms with E-state index in [0.29, 0.717) is 27.8 Å². The maximum Gasteiger partial charge on any atom is 0.280 e. The highest BCUT2D eigenvalue weighted by Crippen LogP contribution is 2.28. The third kappa shape index (κ3) is 6.86. The number of nitrogens with one attached hydrogen (secondary N) is 1.